The number of rotatable bonds is 3. The SMILES string of the molecule is Cc1ccc(Cl)c(C(CN)C(=O)O)c1. The molecular formula is C10H12ClNO2. The zero-order chi connectivity index (χ0) is 10.7. The first-order valence-electron chi connectivity index (χ1n) is 4.25. The molecule has 1 unspecified atom stereocenters. The van der Waals surface area contributed by atoms with Gasteiger partial charge in [0.25, 0.3) is 0 Å². The fourth-order valence-electron chi connectivity index (χ4n) is 1.29. The molecule has 0 bridgehead atoms. The Morgan fingerprint density at radius 2 is 2.29 bits per heavy atom. The number of halogens is 1. The predicted molar refractivity (Wildman–Crippen MR) is 55.6 cm³/mol. The van der Waals surface area contributed by atoms with E-state index in [1.54, 1.807) is 12.1 Å². The van der Waals surface area contributed by atoms with Crippen molar-refractivity contribution >= 4 is 17.6 Å². The molecule has 0 saturated heterocycles. The Labute approximate surface area is 87.5 Å². The lowest BCUT2D eigenvalue weighted by Gasteiger charge is -2.12. The number of aryl methyl sites for hydroxylation is 1. The highest BCUT2D eigenvalue weighted by atomic mass is 35.5. The van der Waals surface area contributed by atoms with Crippen LogP contribution in [0.15, 0.2) is 18.2 Å². The summed E-state index contributed by atoms with van der Waals surface area (Å²) in [6.07, 6.45) is 0. The molecule has 0 aromatic heterocycles. The molecule has 1 atom stereocenters. The van der Waals surface area contributed by atoms with Crippen molar-refractivity contribution in [2.24, 2.45) is 5.73 Å². The minimum atomic E-state index is -0.944. The third kappa shape index (κ3) is 2.25. The van der Waals surface area contributed by atoms with Crippen LogP contribution in [0.3, 0.4) is 0 Å². The Kier molecular flexibility index (Phi) is 3.49. The van der Waals surface area contributed by atoms with Gasteiger partial charge in [-0.15, -0.1) is 0 Å². The summed E-state index contributed by atoms with van der Waals surface area (Å²) in [5.74, 6) is -1.66. The molecule has 0 aliphatic rings. The number of hydrogen-bond acceptors (Lipinski definition) is 2. The molecule has 76 valence electrons. The van der Waals surface area contributed by atoms with Gasteiger partial charge < -0.3 is 10.8 Å². The normalized spacial score (nSPS) is 12.5. The number of hydrogen-bond donors (Lipinski definition) is 2. The first kappa shape index (κ1) is 11.0. The number of nitrogens with two attached hydrogens (primary N) is 1. The summed E-state index contributed by atoms with van der Waals surface area (Å²) in [4.78, 5) is 10.9. The molecule has 1 aromatic carbocycles. The van der Waals surface area contributed by atoms with Crippen LogP contribution in [-0.2, 0) is 4.79 Å². The Morgan fingerprint density at radius 3 is 2.79 bits per heavy atom. The Morgan fingerprint density at radius 1 is 1.64 bits per heavy atom. The molecule has 0 radical (unpaired) electrons. The third-order valence-electron chi connectivity index (χ3n) is 2.06. The molecule has 0 aliphatic heterocycles. The van der Waals surface area contributed by atoms with Gasteiger partial charge in [0.2, 0.25) is 0 Å². The predicted octanol–water partition coefficient (Wildman–Crippen LogP) is 1.78. The van der Waals surface area contributed by atoms with Crippen LogP contribution in [-0.4, -0.2) is 17.6 Å². The molecule has 0 fully saturated rings. The van der Waals surface area contributed by atoms with Crippen molar-refractivity contribution < 1.29 is 9.90 Å². The van der Waals surface area contributed by atoms with Crippen LogP contribution in [0.25, 0.3) is 0 Å². The van der Waals surface area contributed by atoms with Crippen LogP contribution in [0.4, 0.5) is 0 Å². The molecular weight excluding hydrogens is 202 g/mol. The van der Waals surface area contributed by atoms with E-state index in [1.165, 1.54) is 0 Å². The van der Waals surface area contributed by atoms with Gasteiger partial charge in [0, 0.05) is 11.6 Å². The van der Waals surface area contributed by atoms with Gasteiger partial charge in [-0.3, -0.25) is 4.79 Å². The van der Waals surface area contributed by atoms with Crippen LogP contribution in [0, 0.1) is 6.92 Å². The van der Waals surface area contributed by atoms with E-state index in [0.29, 0.717) is 10.6 Å². The van der Waals surface area contributed by atoms with Crippen LogP contribution >= 0.6 is 11.6 Å². The van der Waals surface area contributed by atoms with E-state index in [0.717, 1.165) is 5.56 Å². The van der Waals surface area contributed by atoms with E-state index < -0.39 is 11.9 Å². The van der Waals surface area contributed by atoms with Crippen molar-refractivity contribution in [3.05, 3.63) is 34.3 Å². The zero-order valence-corrected chi connectivity index (χ0v) is 8.58. The highest BCUT2D eigenvalue weighted by molar-refractivity contribution is 6.31. The topological polar surface area (TPSA) is 63.3 Å². The van der Waals surface area contributed by atoms with Gasteiger partial charge in [0.1, 0.15) is 0 Å². The standard InChI is InChI=1S/C10H12ClNO2/c1-6-2-3-9(11)7(4-6)8(5-12)10(13)14/h2-4,8H,5,12H2,1H3,(H,13,14). The lowest BCUT2D eigenvalue weighted by Crippen LogP contribution is -2.21. The summed E-state index contributed by atoms with van der Waals surface area (Å²) < 4.78 is 0. The maximum absolute atomic E-state index is 10.9. The van der Waals surface area contributed by atoms with Crippen molar-refractivity contribution in [3.8, 4) is 0 Å². The van der Waals surface area contributed by atoms with Crippen LogP contribution in [0.2, 0.25) is 5.02 Å². The van der Waals surface area contributed by atoms with E-state index in [4.69, 9.17) is 22.4 Å². The first-order valence-corrected chi connectivity index (χ1v) is 4.63. The first-order chi connectivity index (χ1) is 6.56. The average Bonchev–Trinajstić information content (AvgIpc) is 2.11. The van der Waals surface area contributed by atoms with Crippen LogP contribution in [0.5, 0.6) is 0 Å². The van der Waals surface area contributed by atoms with Crippen LogP contribution in [0.1, 0.15) is 17.0 Å². The summed E-state index contributed by atoms with van der Waals surface area (Å²) in [7, 11) is 0. The van der Waals surface area contributed by atoms with Crippen molar-refractivity contribution in [2.75, 3.05) is 6.54 Å². The van der Waals surface area contributed by atoms with Crippen molar-refractivity contribution in [3.63, 3.8) is 0 Å². The lowest BCUT2D eigenvalue weighted by molar-refractivity contribution is -0.138. The maximum atomic E-state index is 10.9. The molecule has 14 heavy (non-hydrogen) atoms. The van der Waals surface area contributed by atoms with Crippen molar-refractivity contribution in [2.45, 2.75) is 12.8 Å². The molecule has 3 nitrogen and oxygen atoms in total. The molecule has 0 heterocycles. The van der Waals surface area contributed by atoms with Gasteiger partial charge in [-0.1, -0.05) is 29.3 Å². The van der Waals surface area contributed by atoms with Gasteiger partial charge >= 0.3 is 5.97 Å². The summed E-state index contributed by atoms with van der Waals surface area (Å²) in [5, 5.41) is 9.36. The summed E-state index contributed by atoms with van der Waals surface area (Å²) >= 11 is 5.89. The fourth-order valence-corrected chi connectivity index (χ4v) is 1.54. The van der Waals surface area contributed by atoms with Gasteiger partial charge in [-0.05, 0) is 18.6 Å². The number of benzene rings is 1. The second kappa shape index (κ2) is 4.44. The van der Waals surface area contributed by atoms with Gasteiger partial charge in [0.15, 0.2) is 0 Å². The van der Waals surface area contributed by atoms with E-state index in [9.17, 15) is 4.79 Å². The molecule has 4 heteroatoms. The molecule has 3 N–H and O–H groups in total. The molecule has 0 spiro atoms. The molecule has 0 amide bonds. The second-order valence-electron chi connectivity index (χ2n) is 3.15. The number of carbonyl (C=O) groups is 1. The lowest BCUT2D eigenvalue weighted by atomic mass is 9.98. The quantitative estimate of drug-likeness (QED) is 0.805. The largest absolute Gasteiger partial charge is 0.481 e. The van der Waals surface area contributed by atoms with Crippen LogP contribution < -0.4 is 5.73 Å². The van der Waals surface area contributed by atoms with Crippen molar-refractivity contribution in [1.29, 1.82) is 0 Å². The minimum Gasteiger partial charge on any atom is -0.481 e. The molecule has 0 aliphatic carbocycles. The van der Waals surface area contributed by atoms with Gasteiger partial charge in [0.05, 0.1) is 5.92 Å². The highest BCUT2D eigenvalue weighted by Gasteiger charge is 2.20. The third-order valence-corrected chi connectivity index (χ3v) is 2.40. The van der Waals surface area contributed by atoms with E-state index in [1.807, 2.05) is 13.0 Å². The number of carboxylic acids is 1. The number of aliphatic carboxylic acids is 1. The summed E-state index contributed by atoms with van der Waals surface area (Å²) in [6.45, 7) is 1.94. The number of carboxylic acid groups (broad SMARTS) is 1. The minimum absolute atomic E-state index is 0.0541. The zero-order valence-electron chi connectivity index (χ0n) is 7.83. The maximum Gasteiger partial charge on any atom is 0.312 e. The van der Waals surface area contributed by atoms with Crippen molar-refractivity contribution in [1.82, 2.24) is 0 Å². The monoisotopic (exact) mass is 213 g/mol. The molecule has 1 rings (SSSR count). The highest BCUT2D eigenvalue weighted by Crippen LogP contribution is 2.25. The smallest absolute Gasteiger partial charge is 0.312 e. The Bertz CT molecular complexity index is 352. The van der Waals surface area contributed by atoms with Gasteiger partial charge in [-0.25, -0.2) is 0 Å². The molecule has 0 saturated carbocycles. The van der Waals surface area contributed by atoms with E-state index >= 15 is 0 Å². The summed E-state index contributed by atoms with van der Waals surface area (Å²) in [6, 6.07) is 5.28. The Balaban J connectivity index is 3.15. The fraction of sp³-hybridized carbons (Fsp3) is 0.300. The van der Waals surface area contributed by atoms with Gasteiger partial charge in [-0.2, -0.15) is 0 Å². The summed E-state index contributed by atoms with van der Waals surface area (Å²) in [5.41, 5.74) is 6.95. The second-order valence-corrected chi connectivity index (χ2v) is 3.56. The van der Waals surface area contributed by atoms with E-state index in [-0.39, 0.29) is 6.54 Å². The Hall–Kier alpha value is -1.06. The average molecular weight is 214 g/mol. The van der Waals surface area contributed by atoms with E-state index in [2.05, 4.69) is 0 Å². The molecule has 1 aromatic rings.